The minimum absolute atomic E-state index is 0.222. The first-order valence-electron chi connectivity index (χ1n) is 5.95. The summed E-state index contributed by atoms with van der Waals surface area (Å²) in [5.41, 5.74) is 3.26. The molecular weight excluding hydrogens is 280 g/mol. The summed E-state index contributed by atoms with van der Waals surface area (Å²) in [6.45, 7) is 4.86. The predicted octanol–water partition coefficient (Wildman–Crippen LogP) is 3.73. The van der Waals surface area contributed by atoms with Gasteiger partial charge in [0.05, 0.1) is 11.4 Å². The molecule has 1 aliphatic carbocycles. The minimum atomic E-state index is -0.222. The zero-order valence-electron chi connectivity index (χ0n) is 10.2. The Labute approximate surface area is 110 Å². The van der Waals surface area contributed by atoms with Crippen LogP contribution in [0.4, 0.5) is 0 Å². The molecule has 92 valence electrons. The lowest BCUT2D eigenvalue weighted by atomic mass is 10.00. The van der Waals surface area contributed by atoms with Gasteiger partial charge in [-0.2, -0.15) is 0 Å². The Kier molecular flexibility index (Phi) is 3.87. The molecule has 1 aromatic rings. The lowest BCUT2D eigenvalue weighted by molar-refractivity contribution is -0.107. The number of rotatable bonds is 5. The first kappa shape index (κ1) is 12.6. The summed E-state index contributed by atoms with van der Waals surface area (Å²) in [5, 5.41) is 0. The van der Waals surface area contributed by atoms with Gasteiger partial charge in [0.2, 0.25) is 0 Å². The number of halogens is 1. The number of aryl methyl sites for hydroxylation is 2. The maximum absolute atomic E-state index is 10.8. The van der Waals surface area contributed by atoms with Gasteiger partial charge in [-0.05, 0) is 61.4 Å². The Balaban J connectivity index is 2.17. The third-order valence-corrected chi connectivity index (χ3v) is 3.82. The third kappa shape index (κ3) is 3.09. The fraction of sp³-hybridized carbons (Fsp3) is 0.500. The molecule has 0 amide bonds. The van der Waals surface area contributed by atoms with Crippen LogP contribution in [-0.4, -0.2) is 12.9 Å². The van der Waals surface area contributed by atoms with Crippen molar-refractivity contribution in [3.63, 3.8) is 0 Å². The molecule has 0 N–H and O–H groups in total. The van der Waals surface area contributed by atoms with Crippen LogP contribution >= 0.6 is 15.9 Å². The van der Waals surface area contributed by atoms with Crippen LogP contribution in [0, 0.1) is 19.8 Å². The van der Waals surface area contributed by atoms with Crippen molar-refractivity contribution in [3.8, 4) is 5.75 Å². The molecule has 1 atom stereocenters. The molecule has 17 heavy (non-hydrogen) atoms. The highest BCUT2D eigenvalue weighted by Gasteiger charge is 2.22. The van der Waals surface area contributed by atoms with Gasteiger partial charge >= 0.3 is 0 Å². The van der Waals surface area contributed by atoms with E-state index >= 15 is 0 Å². The van der Waals surface area contributed by atoms with E-state index in [-0.39, 0.29) is 4.83 Å². The van der Waals surface area contributed by atoms with Gasteiger partial charge in [-0.1, -0.05) is 15.9 Å². The third-order valence-electron chi connectivity index (χ3n) is 3.15. The number of carbonyl (C=O) groups excluding carboxylic acids is 1. The summed E-state index contributed by atoms with van der Waals surface area (Å²) in [7, 11) is 0. The van der Waals surface area contributed by atoms with Crippen molar-refractivity contribution < 1.29 is 9.53 Å². The van der Waals surface area contributed by atoms with Crippen LogP contribution < -0.4 is 4.74 Å². The van der Waals surface area contributed by atoms with E-state index in [2.05, 4.69) is 15.9 Å². The van der Waals surface area contributed by atoms with E-state index in [9.17, 15) is 4.79 Å². The fourth-order valence-corrected chi connectivity index (χ4v) is 2.74. The summed E-state index contributed by atoms with van der Waals surface area (Å²) in [5.74, 6) is 1.68. The topological polar surface area (TPSA) is 26.3 Å². The zero-order valence-corrected chi connectivity index (χ0v) is 11.8. The highest BCUT2D eigenvalue weighted by Crippen LogP contribution is 2.33. The molecule has 2 nitrogen and oxygen atoms in total. The van der Waals surface area contributed by atoms with Crippen LogP contribution in [-0.2, 0) is 4.79 Å². The van der Waals surface area contributed by atoms with E-state index in [1.807, 2.05) is 26.0 Å². The first-order valence-corrected chi connectivity index (χ1v) is 6.86. The van der Waals surface area contributed by atoms with Gasteiger partial charge < -0.3 is 9.53 Å². The second kappa shape index (κ2) is 5.21. The van der Waals surface area contributed by atoms with E-state index in [0.717, 1.165) is 41.3 Å². The van der Waals surface area contributed by atoms with Crippen LogP contribution in [0.2, 0.25) is 0 Å². The van der Waals surface area contributed by atoms with Crippen LogP contribution in [0.3, 0.4) is 0 Å². The Morgan fingerprint density at radius 2 is 2.00 bits per heavy atom. The largest absolute Gasteiger partial charge is 0.493 e. The van der Waals surface area contributed by atoms with Gasteiger partial charge in [-0.25, -0.2) is 0 Å². The molecule has 0 aliphatic heterocycles. The number of alkyl halides is 1. The number of ether oxygens (including phenoxy) is 1. The summed E-state index contributed by atoms with van der Waals surface area (Å²) in [6.07, 6.45) is 3.51. The quantitative estimate of drug-likeness (QED) is 0.611. The SMILES string of the molecule is Cc1cc(OCC2CC2)cc(C)c1C(Br)C=O. The van der Waals surface area contributed by atoms with Crippen molar-refractivity contribution in [1.29, 1.82) is 0 Å². The first-order chi connectivity index (χ1) is 8.11. The van der Waals surface area contributed by atoms with E-state index in [1.165, 1.54) is 12.8 Å². The van der Waals surface area contributed by atoms with Crippen molar-refractivity contribution in [1.82, 2.24) is 0 Å². The maximum Gasteiger partial charge on any atom is 0.138 e. The minimum Gasteiger partial charge on any atom is -0.493 e. The Morgan fingerprint density at radius 1 is 1.41 bits per heavy atom. The molecule has 0 saturated heterocycles. The normalized spacial score (nSPS) is 16.6. The molecule has 1 aromatic carbocycles. The Morgan fingerprint density at radius 3 is 2.47 bits per heavy atom. The van der Waals surface area contributed by atoms with Crippen LogP contribution in [0.5, 0.6) is 5.75 Å². The molecule has 3 heteroatoms. The highest BCUT2D eigenvalue weighted by molar-refractivity contribution is 9.09. The van der Waals surface area contributed by atoms with Gasteiger partial charge in [-0.3, -0.25) is 0 Å². The number of hydrogen-bond acceptors (Lipinski definition) is 2. The molecule has 0 radical (unpaired) electrons. The number of carbonyl (C=O) groups is 1. The smallest absolute Gasteiger partial charge is 0.138 e. The van der Waals surface area contributed by atoms with Crippen molar-refractivity contribution in [3.05, 3.63) is 28.8 Å². The number of aldehydes is 1. The van der Waals surface area contributed by atoms with Crippen molar-refractivity contribution >= 4 is 22.2 Å². The van der Waals surface area contributed by atoms with Gasteiger partial charge in [0.1, 0.15) is 12.0 Å². The molecule has 2 rings (SSSR count). The molecule has 0 spiro atoms. The average molecular weight is 297 g/mol. The molecule has 1 aliphatic rings. The maximum atomic E-state index is 10.8. The summed E-state index contributed by atoms with van der Waals surface area (Å²) in [4.78, 5) is 10.6. The molecule has 0 heterocycles. The van der Waals surface area contributed by atoms with E-state index in [1.54, 1.807) is 0 Å². The predicted molar refractivity (Wildman–Crippen MR) is 71.9 cm³/mol. The monoisotopic (exact) mass is 296 g/mol. The highest BCUT2D eigenvalue weighted by atomic mass is 79.9. The van der Waals surface area contributed by atoms with Gasteiger partial charge in [0.25, 0.3) is 0 Å². The van der Waals surface area contributed by atoms with Crippen molar-refractivity contribution in [2.24, 2.45) is 5.92 Å². The van der Waals surface area contributed by atoms with E-state index < -0.39 is 0 Å². The number of benzene rings is 1. The molecule has 1 fully saturated rings. The van der Waals surface area contributed by atoms with Crippen molar-refractivity contribution in [2.45, 2.75) is 31.5 Å². The Hall–Kier alpha value is -0.830. The molecular formula is C14H17BrO2. The Bertz CT molecular complexity index is 401. The molecule has 1 saturated carbocycles. The van der Waals surface area contributed by atoms with Crippen molar-refractivity contribution in [2.75, 3.05) is 6.61 Å². The summed E-state index contributed by atoms with van der Waals surface area (Å²) < 4.78 is 5.76. The number of hydrogen-bond donors (Lipinski definition) is 0. The standard InChI is InChI=1S/C14H17BrO2/c1-9-5-12(17-8-11-3-4-11)6-10(2)14(9)13(15)7-16/h5-7,11,13H,3-4,8H2,1-2H3. The fourth-order valence-electron chi connectivity index (χ4n) is 2.02. The lowest BCUT2D eigenvalue weighted by Crippen LogP contribution is -2.03. The van der Waals surface area contributed by atoms with Gasteiger partial charge in [0, 0.05) is 0 Å². The van der Waals surface area contributed by atoms with E-state index in [4.69, 9.17) is 4.74 Å². The molecule has 1 unspecified atom stereocenters. The lowest BCUT2D eigenvalue weighted by Gasteiger charge is -2.14. The summed E-state index contributed by atoms with van der Waals surface area (Å²) >= 11 is 3.37. The van der Waals surface area contributed by atoms with Crippen LogP contribution in [0.25, 0.3) is 0 Å². The second-order valence-corrected chi connectivity index (χ2v) is 5.75. The van der Waals surface area contributed by atoms with Crippen LogP contribution in [0.15, 0.2) is 12.1 Å². The summed E-state index contributed by atoms with van der Waals surface area (Å²) in [6, 6.07) is 4.03. The second-order valence-electron chi connectivity index (χ2n) is 4.76. The van der Waals surface area contributed by atoms with E-state index in [0.29, 0.717) is 0 Å². The van der Waals surface area contributed by atoms with Gasteiger partial charge in [0.15, 0.2) is 0 Å². The average Bonchev–Trinajstić information content (AvgIpc) is 3.09. The zero-order chi connectivity index (χ0) is 12.4. The van der Waals surface area contributed by atoms with Crippen LogP contribution in [0.1, 0.15) is 34.4 Å². The molecule has 0 bridgehead atoms. The van der Waals surface area contributed by atoms with Gasteiger partial charge in [-0.15, -0.1) is 0 Å². The molecule has 0 aromatic heterocycles.